The Morgan fingerprint density at radius 1 is 1.23 bits per heavy atom. The Balaban J connectivity index is 1.36. The first-order valence-corrected chi connectivity index (χ1v) is 12.4. The largest absolute Gasteiger partial charge is 0.434 e. The topological polar surface area (TPSA) is 103 Å². The molecule has 0 saturated heterocycles. The average Bonchev–Trinajstić information content (AvgIpc) is 3.43. The predicted molar refractivity (Wildman–Crippen MR) is 136 cm³/mol. The summed E-state index contributed by atoms with van der Waals surface area (Å²) in [6.45, 7) is 1.24. The van der Waals surface area contributed by atoms with Crippen LogP contribution in [0.15, 0.2) is 48.9 Å². The number of benzene rings is 1. The fourth-order valence-corrected chi connectivity index (χ4v) is 6.16. The third-order valence-electron chi connectivity index (χ3n) is 8.03. The molecule has 2 bridgehead atoms. The van der Waals surface area contributed by atoms with Crippen LogP contribution in [0.25, 0.3) is 21.5 Å². The maximum Gasteiger partial charge on any atom is 0.387 e. The molecular formula is C28H23F2N7O2. The first-order chi connectivity index (χ1) is 20.0. The molecule has 2 N–H and O–H groups in total. The smallest absolute Gasteiger partial charge is 0.387 e. The number of carbonyl (C=O) groups excluding carboxylic acids is 1. The summed E-state index contributed by atoms with van der Waals surface area (Å²) in [6, 6.07) is 6.85. The van der Waals surface area contributed by atoms with Crippen LogP contribution in [0.2, 0.25) is 0 Å². The zero-order valence-electron chi connectivity index (χ0n) is 23.4. The van der Waals surface area contributed by atoms with Gasteiger partial charge in [-0.2, -0.15) is 13.9 Å². The fraction of sp³-hybridized carbons (Fsp3) is 0.321. The van der Waals surface area contributed by atoms with Gasteiger partial charge in [0.05, 0.1) is 22.8 Å². The lowest BCUT2D eigenvalue weighted by Crippen LogP contribution is -2.51. The molecule has 1 fully saturated rings. The fourth-order valence-electron chi connectivity index (χ4n) is 6.16. The van der Waals surface area contributed by atoms with Gasteiger partial charge in [0.25, 0.3) is 5.91 Å². The minimum atomic E-state index is -3.14. The van der Waals surface area contributed by atoms with E-state index in [1.807, 2.05) is 6.07 Å². The van der Waals surface area contributed by atoms with Crippen LogP contribution in [0.4, 0.5) is 8.78 Å². The highest BCUT2D eigenvalue weighted by molar-refractivity contribution is 5.98. The highest BCUT2D eigenvalue weighted by Crippen LogP contribution is 2.53. The van der Waals surface area contributed by atoms with Gasteiger partial charge < -0.3 is 20.2 Å². The van der Waals surface area contributed by atoms with E-state index >= 15 is 0 Å². The number of nitrogens with zero attached hydrogens (tertiary/aromatic N) is 6. The lowest BCUT2D eigenvalue weighted by Gasteiger charge is -2.36. The number of amides is 1. The summed E-state index contributed by atoms with van der Waals surface area (Å²) in [7, 11) is 0. The summed E-state index contributed by atoms with van der Waals surface area (Å²) in [4.78, 5) is 26.9. The van der Waals surface area contributed by atoms with E-state index in [4.69, 9.17) is 21.2 Å². The van der Waals surface area contributed by atoms with E-state index in [1.165, 1.54) is 18.2 Å². The predicted octanol–water partition coefficient (Wildman–Crippen LogP) is 4.29. The Hall–Kier alpha value is -4.43. The Labute approximate surface area is 226 Å². The molecule has 1 amide bonds. The molecule has 196 valence electrons. The van der Waals surface area contributed by atoms with Crippen LogP contribution in [0, 0.1) is 6.57 Å². The van der Waals surface area contributed by atoms with E-state index in [1.54, 1.807) is 29.2 Å². The second-order valence-electron chi connectivity index (χ2n) is 10.3. The van der Waals surface area contributed by atoms with Crippen LogP contribution in [0.1, 0.15) is 68.3 Å². The third kappa shape index (κ3) is 3.44. The van der Waals surface area contributed by atoms with Crippen molar-refractivity contribution in [2.45, 2.75) is 49.4 Å². The molecule has 3 aliphatic rings. The zero-order valence-corrected chi connectivity index (χ0v) is 20.4. The van der Waals surface area contributed by atoms with Gasteiger partial charge in [0.15, 0.2) is 0 Å². The van der Waals surface area contributed by atoms with Crippen molar-refractivity contribution < 1.29 is 22.4 Å². The Morgan fingerprint density at radius 3 is 2.74 bits per heavy atom. The lowest BCUT2D eigenvalue weighted by molar-refractivity contribution is -0.0505. The summed E-state index contributed by atoms with van der Waals surface area (Å²) in [5, 5.41) is 4.67. The highest BCUT2D eigenvalue weighted by Gasteiger charge is 2.49. The average molecular weight is 531 g/mol. The molecule has 9 nitrogen and oxygen atoms in total. The minimum absolute atomic E-state index is 0.00841. The number of rotatable bonds is 4. The van der Waals surface area contributed by atoms with Gasteiger partial charge in [-0.25, -0.2) is 21.1 Å². The maximum absolute atomic E-state index is 13.6. The number of hydrogen-bond acceptors (Lipinski definition) is 6. The molecule has 4 aromatic rings. The molecule has 0 spiro atoms. The molecule has 1 aromatic carbocycles. The molecule has 4 heterocycles. The van der Waals surface area contributed by atoms with Gasteiger partial charge in [-0.3, -0.25) is 4.79 Å². The number of nitrogens with two attached hydrogens (primary N) is 1. The van der Waals surface area contributed by atoms with Crippen molar-refractivity contribution in [3.8, 4) is 16.9 Å². The van der Waals surface area contributed by atoms with Gasteiger partial charge in [0.2, 0.25) is 6.04 Å². The van der Waals surface area contributed by atoms with Crippen LogP contribution in [-0.4, -0.2) is 50.0 Å². The quantitative estimate of drug-likeness (QED) is 0.395. The summed E-state index contributed by atoms with van der Waals surface area (Å²) in [5.41, 5.74) is 9.01. The van der Waals surface area contributed by atoms with E-state index in [-0.39, 0.29) is 29.3 Å². The first-order valence-electron chi connectivity index (χ1n) is 13.9. The van der Waals surface area contributed by atoms with E-state index < -0.39 is 37.0 Å². The maximum atomic E-state index is 13.6. The number of aromatic nitrogens is 4. The normalized spacial score (nSPS) is 26.6. The van der Waals surface area contributed by atoms with Gasteiger partial charge >= 0.3 is 6.61 Å². The van der Waals surface area contributed by atoms with Gasteiger partial charge in [-0.15, -0.1) is 0 Å². The number of alkyl halides is 2. The van der Waals surface area contributed by atoms with Gasteiger partial charge in [-0.05, 0) is 36.2 Å². The van der Waals surface area contributed by atoms with E-state index in [2.05, 4.69) is 19.9 Å². The molecule has 0 radical (unpaired) electrons. The van der Waals surface area contributed by atoms with Crippen molar-refractivity contribution >= 4 is 11.4 Å². The second kappa shape index (κ2) is 8.28. The first kappa shape index (κ1) is 20.5. The van der Waals surface area contributed by atoms with Gasteiger partial charge in [0.1, 0.15) is 11.6 Å². The Bertz CT molecular complexity index is 1800. The van der Waals surface area contributed by atoms with Crippen LogP contribution in [-0.2, 0) is 5.54 Å². The number of halogens is 2. The standard InChI is InChI=1S/C28H23F2N7O2/c1-32-16-10-28(31,11-16)26-33-12-15(13-34-26)14-6-7-37-19(8-14)23-18-9-20(24(23)35-37)36(2)25(38)17-4-3-5-21(22(17)18)39-27(29)30/h3-8,12-13,16,18,20,27H,9-11,31H2,2H3/t16?,18-,20-,28?/m1/s1/i2D3. The number of carbonyl (C=O) groups is 1. The number of fused-ring (bicyclic) bond motifs is 9. The number of pyridine rings is 1. The SMILES string of the molecule is [2H]C([2H])([2H])N1C(=O)c2cccc(OC(F)F)c2[C@H]2C[C@@H]1c1nn3ccc(-c4cnc(C5(N)CC([N+]#[C-])C5)nc4)cc3c12. The van der Waals surface area contributed by atoms with Crippen molar-refractivity contribution in [1.29, 1.82) is 0 Å². The van der Waals surface area contributed by atoms with Gasteiger partial charge in [0, 0.05) is 70.7 Å². The van der Waals surface area contributed by atoms with Crippen molar-refractivity contribution in [3.05, 3.63) is 88.5 Å². The molecule has 11 heteroatoms. The Morgan fingerprint density at radius 2 is 2.03 bits per heavy atom. The number of ether oxygens (including phenoxy) is 1. The van der Waals surface area contributed by atoms with Crippen LogP contribution in [0.5, 0.6) is 5.75 Å². The van der Waals surface area contributed by atoms with E-state index in [9.17, 15) is 13.6 Å². The van der Waals surface area contributed by atoms with Crippen LogP contribution in [0.3, 0.4) is 0 Å². The lowest BCUT2D eigenvalue weighted by atomic mass is 9.73. The number of hydrogen-bond donors (Lipinski definition) is 1. The summed E-state index contributed by atoms with van der Waals surface area (Å²) >= 11 is 0. The minimum Gasteiger partial charge on any atom is -0.434 e. The van der Waals surface area contributed by atoms with Crippen LogP contribution >= 0.6 is 0 Å². The van der Waals surface area contributed by atoms with E-state index in [0.717, 1.165) is 10.5 Å². The highest BCUT2D eigenvalue weighted by atomic mass is 19.3. The van der Waals surface area contributed by atoms with Gasteiger partial charge in [-0.1, -0.05) is 6.07 Å². The molecule has 3 aromatic heterocycles. The third-order valence-corrected chi connectivity index (χ3v) is 8.03. The molecule has 39 heavy (non-hydrogen) atoms. The zero-order chi connectivity index (χ0) is 29.6. The molecule has 2 aliphatic carbocycles. The Kier molecular flexibility index (Phi) is 4.36. The molecule has 0 unspecified atom stereocenters. The van der Waals surface area contributed by atoms with E-state index in [0.29, 0.717) is 41.0 Å². The van der Waals surface area contributed by atoms with Crippen molar-refractivity contribution in [2.24, 2.45) is 5.73 Å². The molecular weight excluding hydrogens is 504 g/mol. The molecule has 1 saturated carbocycles. The molecule has 1 aliphatic heterocycles. The monoisotopic (exact) mass is 530 g/mol. The van der Waals surface area contributed by atoms with Crippen molar-refractivity contribution in [3.63, 3.8) is 0 Å². The second-order valence-corrected chi connectivity index (χ2v) is 10.3. The molecule has 7 rings (SSSR count). The summed E-state index contributed by atoms with van der Waals surface area (Å²) < 4.78 is 57.8. The van der Waals surface area contributed by atoms with Crippen molar-refractivity contribution in [1.82, 2.24) is 24.5 Å². The summed E-state index contributed by atoms with van der Waals surface area (Å²) in [6.07, 6.45) is 6.19. The van der Waals surface area contributed by atoms with Crippen LogP contribution < -0.4 is 10.5 Å². The van der Waals surface area contributed by atoms with Crippen molar-refractivity contribution in [2.75, 3.05) is 6.98 Å². The summed E-state index contributed by atoms with van der Waals surface area (Å²) in [5.74, 6) is -1.11. The molecule has 2 atom stereocenters.